The van der Waals surface area contributed by atoms with Gasteiger partial charge in [0, 0.05) is 6.54 Å². The molecule has 1 aromatic carbocycles. The van der Waals surface area contributed by atoms with Crippen molar-refractivity contribution in [2.75, 3.05) is 19.7 Å². The monoisotopic (exact) mass is 327 g/mol. The normalized spacial score (nSPS) is 33.1. The van der Waals surface area contributed by atoms with E-state index in [0.29, 0.717) is 19.7 Å². The minimum atomic E-state index is -0.643. The van der Waals surface area contributed by atoms with Crippen molar-refractivity contribution >= 4 is 11.9 Å². The highest BCUT2D eigenvalue weighted by molar-refractivity contribution is 5.91. The maximum atomic E-state index is 12.9. The van der Waals surface area contributed by atoms with Gasteiger partial charge in [-0.3, -0.25) is 9.59 Å². The predicted molar refractivity (Wildman–Crippen MR) is 87.1 cm³/mol. The van der Waals surface area contributed by atoms with Crippen LogP contribution in [0, 0.1) is 11.8 Å². The average molecular weight is 327 g/mol. The molecular weight excluding hydrogens is 306 g/mol. The van der Waals surface area contributed by atoms with Crippen molar-refractivity contribution in [3.8, 4) is 0 Å². The molecule has 2 fully saturated rings. The number of carbonyl (C=O) groups excluding carboxylic acids is 2. The SMILES string of the molecule is CCOC(=O)[C@@H]1[C@H]2C(=O)N(CCc3ccccc3)C[C@]23C=C[C@H]1O3. The smallest absolute Gasteiger partial charge is 0.312 e. The fourth-order valence-corrected chi connectivity index (χ4v) is 4.18. The molecule has 3 aliphatic heterocycles. The maximum Gasteiger partial charge on any atom is 0.312 e. The molecule has 5 heteroatoms. The summed E-state index contributed by atoms with van der Waals surface area (Å²) in [7, 11) is 0. The van der Waals surface area contributed by atoms with Crippen molar-refractivity contribution in [2.45, 2.75) is 25.0 Å². The van der Waals surface area contributed by atoms with Crippen LogP contribution < -0.4 is 0 Å². The molecule has 0 saturated carbocycles. The third-order valence-electron chi connectivity index (χ3n) is 5.25. The highest BCUT2D eigenvalue weighted by atomic mass is 16.6. The van der Waals surface area contributed by atoms with Crippen molar-refractivity contribution < 1.29 is 19.1 Å². The molecule has 0 radical (unpaired) electrons. The lowest BCUT2D eigenvalue weighted by molar-refractivity contribution is -0.153. The van der Waals surface area contributed by atoms with Crippen LogP contribution in [0.25, 0.3) is 0 Å². The fourth-order valence-electron chi connectivity index (χ4n) is 4.18. The quantitative estimate of drug-likeness (QED) is 0.608. The molecular formula is C19H21NO4. The first kappa shape index (κ1) is 15.4. The number of esters is 1. The Hall–Kier alpha value is -2.14. The fraction of sp³-hybridized carbons (Fsp3) is 0.474. The van der Waals surface area contributed by atoms with Gasteiger partial charge < -0.3 is 14.4 Å². The lowest BCUT2D eigenvalue weighted by Crippen LogP contribution is -2.40. The van der Waals surface area contributed by atoms with Gasteiger partial charge in [-0.15, -0.1) is 0 Å². The Labute approximate surface area is 141 Å². The molecule has 24 heavy (non-hydrogen) atoms. The molecule has 3 aliphatic rings. The van der Waals surface area contributed by atoms with E-state index in [1.807, 2.05) is 35.3 Å². The van der Waals surface area contributed by atoms with Gasteiger partial charge in [0.25, 0.3) is 0 Å². The molecule has 2 bridgehead atoms. The van der Waals surface area contributed by atoms with Gasteiger partial charge in [0.15, 0.2) is 0 Å². The number of amides is 1. The van der Waals surface area contributed by atoms with Crippen molar-refractivity contribution in [3.05, 3.63) is 48.0 Å². The standard InChI is InChI=1S/C19H21NO4/c1-2-23-18(22)15-14-8-10-19(24-14)12-20(17(21)16(15)19)11-9-13-6-4-3-5-7-13/h3-8,10,14-16H,2,9,11-12H2,1H3/t14-,15+,16+,19-/m1/s1. The van der Waals surface area contributed by atoms with Crippen LogP contribution in [0.1, 0.15) is 12.5 Å². The van der Waals surface area contributed by atoms with E-state index in [1.165, 1.54) is 5.56 Å². The largest absolute Gasteiger partial charge is 0.466 e. The van der Waals surface area contributed by atoms with Crippen LogP contribution in [0.5, 0.6) is 0 Å². The van der Waals surface area contributed by atoms with E-state index < -0.39 is 17.4 Å². The molecule has 0 aromatic heterocycles. The van der Waals surface area contributed by atoms with Crippen LogP contribution >= 0.6 is 0 Å². The summed E-state index contributed by atoms with van der Waals surface area (Å²) in [6.45, 7) is 3.25. The Kier molecular flexibility index (Phi) is 3.68. The number of benzene rings is 1. The summed E-state index contributed by atoms with van der Waals surface area (Å²) in [4.78, 5) is 27.0. The van der Waals surface area contributed by atoms with Gasteiger partial charge in [-0.05, 0) is 18.9 Å². The number of ether oxygens (including phenoxy) is 2. The number of nitrogens with zero attached hydrogens (tertiary/aromatic N) is 1. The van der Waals surface area contributed by atoms with Crippen LogP contribution in [0.3, 0.4) is 0 Å². The van der Waals surface area contributed by atoms with Gasteiger partial charge in [0.1, 0.15) is 11.5 Å². The Balaban J connectivity index is 1.51. The molecule has 2 saturated heterocycles. The molecule has 4 rings (SSSR count). The second kappa shape index (κ2) is 5.74. The van der Waals surface area contributed by atoms with E-state index in [1.54, 1.807) is 6.92 Å². The van der Waals surface area contributed by atoms with E-state index >= 15 is 0 Å². The zero-order valence-corrected chi connectivity index (χ0v) is 13.7. The predicted octanol–water partition coefficient (Wildman–Crippen LogP) is 1.57. The Morgan fingerprint density at radius 2 is 2.17 bits per heavy atom. The first-order valence-corrected chi connectivity index (χ1v) is 8.51. The summed E-state index contributed by atoms with van der Waals surface area (Å²) in [5, 5.41) is 0. The summed E-state index contributed by atoms with van der Waals surface area (Å²) < 4.78 is 11.2. The van der Waals surface area contributed by atoms with Gasteiger partial charge in [-0.25, -0.2) is 0 Å². The summed E-state index contributed by atoms with van der Waals surface area (Å²) in [5.41, 5.74) is 0.554. The van der Waals surface area contributed by atoms with Crippen molar-refractivity contribution in [1.29, 1.82) is 0 Å². The van der Waals surface area contributed by atoms with E-state index in [9.17, 15) is 9.59 Å². The molecule has 5 nitrogen and oxygen atoms in total. The maximum absolute atomic E-state index is 12.9. The molecule has 1 aromatic rings. The van der Waals surface area contributed by atoms with Crippen LogP contribution in [0.4, 0.5) is 0 Å². The summed E-state index contributed by atoms with van der Waals surface area (Å²) in [5.74, 6) is -1.26. The number of hydrogen-bond acceptors (Lipinski definition) is 4. The minimum absolute atomic E-state index is 0.0100. The highest BCUT2D eigenvalue weighted by Gasteiger charge is 2.67. The Morgan fingerprint density at radius 3 is 2.92 bits per heavy atom. The van der Waals surface area contributed by atoms with Crippen molar-refractivity contribution in [1.82, 2.24) is 4.90 Å². The highest BCUT2D eigenvalue weighted by Crippen LogP contribution is 2.52. The van der Waals surface area contributed by atoms with Crippen LogP contribution in [-0.4, -0.2) is 48.2 Å². The molecule has 126 valence electrons. The number of carbonyl (C=O) groups is 2. The first-order chi connectivity index (χ1) is 11.6. The van der Waals surface area contributed by atoms with Gasteiger partial charge >= 0.3 is 5.97 Å². The number of fused-ring (bicyclic) bond motifs is 1. The topological polar surface area (TPSA) is 55.8 Å². The van der Waals surface area contributed by atoms with Gasteiger partial charge in [-0.2, -0.15) is 0 Å². The van der Waals surface area contributed by atoms with Gasteiger partial charge in [-0.1, -0.05) is 42.5 Å². The molecule has 1 spiro atoms. The zero-order valence-electron chi connectivity index (χ0n) is 13.7. The minimum Gasteiger partial charge on any atom is -0.466 e. The van der Waals surface area contributed by atoms with Crippen molar-refractivity contribution in [3.63, 3.8) is 0 Å². The molecule has 0 unspecified atom stereocenters. The van der Waals surface area contributed by atoms with E-state index in [0.717, 1.165) is 6.42 Å². The second-order valence-corrected chi connectivity index (χ2v) is 6.65. The third-order valence-corrected chi connectivity index (χ3v) is 5.25. The van der Waals surface area contributed by atoms with E-state index in [2.05, 4.69) is 12.1 Å². The summed E-state index contributed by atoms with van der Waals surface area (Å²) in [6, 6.07) is 10.1. The van der Waals surface area contributed by atoms with Crippen LogP contribution in [0.2, 0.25) is 0 Å². The van der Waals surface area contributed by atoms with Crippen LogP contribution in [-0.2, 0) is 25.5 Å². The zero-order chi connectivity index (χ0) is 16.7. The van der Waals surface area contributed by atoms with E-state index in [4.69, 9.17) is 9.47 Å². The van der Waals surface area contributed by atoms with Gasteiger partial charge in [0.05, 0.1) is 25.2 Å². The Bertz CT molecular complexity index is 686. The van der Waals surface area contributed by atoms with E-state index in [-0.39, 0.29) is 18.0 Å². The summed E-state index contributed by atoms with van der Waals surface area (Å²) in [6.07, 6.45) is 4.35. The number of rotatable bonds is 5. The second-order valence-electron chi connectivity index (χ2n) is 6.65. The van der Waals surface area contributed by atoms with Gasteiger partial charge in [0.2, 0.25) is 5.91 Å². The number of hydrogen-bond donors (Lipinski definition) is 0. The summed E-state index contributed by atoms with van der Waals surface area (Å²) >= 11 is 0. The van der Waals surface area contributed by atoms with Crippen LogP contribution in [0.15, 0.2) is 42.5 Å². The molecule has 0 aliphatic carbocycles. The lowest BCUT2D eigenvalue weighted by Gasteiger charge is -2.22. The average Bonchev–Trinajstić information content (AvgIpc) is 3.22. The molecule has 4 atom stereocenters. The molecule has 1 amide bonds. The first-order valence-electron chi connectivity index (χ1n) is 8.51. The van der Waals surface area contributed by atoms with Crippen molar-refractivity contribution in [2.24, 2.45) is 11.8 Å². The third kappa shape index (κ3) is 2.26. The number of likely N-dealkylation sites (tertiary alicyclic amines) is 1. The lowest BCUT2D eigenvalue weighted by atomic mass is 9.77. The Morgan fingerprint density at radius 1 is 1.38 bits per heavy atom. The molecule has 3 heterocycles. The molecule has 0 N–H and O–H groups in total.